The standard InChI is InChI=1S/C21H23N3O5S/c25-21(22-13-11-16-6-1-2-7-17(16)14-22)18-8-5-12-23(15-18)30(28,29)20-10-4-3-9-19(20)24(26)27/h1-4,6-7,9-10,18H,5,8,11-15H2/t18-/m1/s1. The first-order chi connectivity index (χ1) is 14.4. The maximum absolute atomic E-state index is 13.1. The van der Waals surface area contributed by atoms with Crippen molar-refractivity contribution in [2.75, 3.05) is 19.6 Å². The van der Waals surface area contributed by atoms with Crippen LogP contribution in [0.5, 0.6) is 0 Å². The van der Waals surface area contributed by atoms with Crippen molar-refractivity contribution in [1.29, 1.82) is 0 Å². The van der Waals surface area contributed by atoms with Gasteiger partial charge in [-0.2, -0.15) is 4.31 Å². The number of nitro groups is 1. The number of carbonyl (C=O) groups excluding carboxylic acids is 1. The third kappa shape index (κ3) is 3.82. The molecule has 2 aliphatic heterocycles. The van der Waals surface area contributed by atoms with Crippen molar-refractivity contribution in [2.45, 2.75) is 30.7 Å². The molecule has 1 amide bonds. The Hall–Kier alpha value is -2.78. The van der Waals surface area contributed by atoms with Gasteiger partial charge in [0.25, 0.3) is 5.69 Å². The zero-order valence-corrected chi connectivity index (χ0v) is 17.3. The smallest absolute Gasteiger partial charge is 0.289 e. The van der Waals surface area contributed by atoms with Gasteiger partial charge in [0.05, 0.1) is 10.8 Å². The lowest BCUT2D eigenvalue weighted by Gasteiger charge is -2.36. The first-order valence-corrected chi connectivity index (χ1v) is 11.4. The average Bonchev–Trinajstić information content (AvgIpc) is 2.78. The third-order valence-electron chi connectivity index (χ3n) is 5.86. The van der Waals surface area contributed by atoms with Crippen LogP contribution < -0.4 is 0 Å². The second kappa shape index (κ2) is 8.16. The number of para-hydroxylation sites is 1. The zero-order chi connectivity index (χ0) is 21.3. The Balaban J connectivity index is 1.52. The molecule has 1 atom stereocenters. The Kier molecular flexibility index (Phi) is 5.57. The Bertz CT molecular complexity index is 1090. The number of rotatable bonds is 4. The van der Waals surface area contributed by atoms with E-state index in [9.17, 15) is 23.3 Å². The van der Waals surface area contributed by atoms with Gasteiger partial charge in [-0.15, -0.1) is 0 Å². The number of hydrogen-bond donors (Lipinski definition) is 0. The summed E-state index contributed by atoms with van der Waals surface area (Å²) in [7, 11) is -4.06. The van der Waals surface area contributed by atoms with Crippen LogP contribution in [0.25, 0.3) is 0 Å². The number of carbonyl (C=O) groups is 1. The molecule has 30 heavy (non-hydrogen) atoms. The topological polar surface area (TPSA) is 101 Å². The molecule has 0 N–H and O–H groups in total. The zero-order valence-electron chi connectivity index (χ0n) is 16.4. The molecule has 1 fully saturated rings. The molecule has 4 rings (SSSR count). The van der Waals surface area contributed by atoms with Crippen LogP contribution >= 0.6 is 0 Å². The molecule has 0 aliphatic carbocycles. The maximum Gasteiger partial charge on any atom is 0.289 e. The minimum Gasteiger partial charge on any atom is -0.338 e. The van der Waals surface area contributed by atoms with E-state index in [1.807, 2.05) is 18.2 Å². The third-order valence-corrected chi connectivity index (χ3v) is 7.77. The highest BCUT2D eigenvalue weighted by Crippen LogP contribution is 2.30. The number of fused-ring (bicyclic) bond motifs is 1. The summed E-state index contributed by atoms with van der Waals surface area (Å²) in [6.45, 7) is 1.44. The fourth-order valence-electron chi connectivity index (χ4n) is 4.27. The van der Waals surface area contributed by atoms with E-state index in [-0.39, 0.29) is 23.9 Å². The molecule has 1 saturated heterocycles. The molecular weight excluding hydrogens is 406 g/mol. The number of amides is 1. The summed E-state index contributed by atoms with van der Waals surface area (Å²) in [5, 5.41) is 11.3. The molecule has 8 nitrogen and oxygen atoms in total. The highest BCUT2D eigenvalue weighted by atomic mass is 32.2. The number of piperidine rings is 1. The summed E-state index contributed by atoms with van der Waals surface area (Å²) in [6.07, 6.45) is 1.94. The Morgan fingerprint density at radius 3 is 2.50 bits per heavy atom. The number of sulfonamides is 1. The summed E-state index contributed by atoms with van der Waals surface area (Å²) < 4.78 is 27.5. The predicted octanol–water partition coefficient (Wildman–Crippen LogP) is 2.58. The molecule has 158 valence electrons. The Labute approximate surface area is 175 Å². The summed E-state index contributed by atoms with van der Waals surface area (Å²) >= 11 is 0. The average molecular weight is 429 g/mol. The summed E-state index contributed by atoms with van der Waals surface area (Å²) in [6, 6.07) is 13.4. The molecule has 2 aromatic rings. The highest BCUT2D eigenvalue weighted by Gasteiger charge is 2.38. The van der Waals surface area contributed by atoms with E-state index >= 15 is 0 Å². The molecular formula is C21H23N3O5S. The predicted molar refractivity (Wildman–Crippen MR) is 110 cm³/mol. The van der Waals surface area contributed by atoms with Gasteiger partial charge in [-0.3, -0.25) is 14.9 Å². The first kappa shape index (κ1) is 20.5. The van der Waals surface area contributed by atoms with Crippen molar-refractivity contribution in [3.8, 4) is 0 Å². The maximum atomic E-state index is 13.1. The van der Waals surface area contributed by atoms with Gasteiger partial charge in [0.1, 0.15) is 0 Å². The summed E-state index contributed by atoms with van der Waals surface area (Å²) in [5.74, 6) is -0.492. The van der Waals surface area contributed by atoms with E-state index in [0.29, 0.717) is 25.9 Å². The minimum absolute atomic E-state index is 0.0470. The second-order valence-electron chi connectivity index (χ2n) is 7.71. The Morgan fingerprint density at radius 2 is 1.73 bits per heavy atom. The fraction of sp³-hybridized carbons (Fsp3) is 0.381. The molecule has 0 unspecified atom stereocenters. The molecule has 0 aromatic heterocycles. The van der Waals surface area contributed by atoms with Crippen molar-refractivity contribution in [2.24, 2.45) is 5.92 Å². The van der Waals surface area contributed by atoms with Crippen LogP contribution in [-0.2, 0) is 27.8 Å². The fourth-order valence-corrected chi connectivity index (χ4v) is 5.95. The van der Waals surface area contributed by atoms with Gasteiger partial charge in [-0.1, -0.05) is 36.4 Å². The lowest BCUT2D eigenvalue weighted by molar-refractivity contribution is -0.387. The van der Waals surface area contributed by atoms with E-state index in [1.165, 1.54) is 34.1 Å². The van der Waals surface area contributed by atoms with Crippen LogP contribution in [0.1, 0.15) is 24.0 Å². The Morgan fingerprint density at radius 1 is 1.03 bits per heavy atom. The van der Waals surface area contributed by atoms with Crippen LogP contribution in [-0.4, -0.2) is 48.1 Å². The van der Waals surface area contributed by atoms with Gasteiger partial charge in [0.15, 0.2) is 4.90 Å². The van der Waals surface area contributed by atoms with Crippen LogP contribution in [0.15, 0.2) is 53.4 Å². The molecule has 2 heterocycles. The lowest BCUT2D eigenvalue weighted by Crippen LogP contribution is -2.47. The first-order valence-electron chi connectivity index (χ1n) is 9.97. The number of nitrogens with zero attached hydrogens (tertiary/aromatic N) is 3. The van der Waals surface area contributed by atoms with E-state index in [1.54, 1.807) is 4.90 Å². The van der Waals surface area contributed by atoms with Crippen molar-refractivity contribution in [3.05, 3.63) is 69.8 Å². The van der Waals surface area contributed by atoms with Gasteiger partial charge < -0.3 is 4.90 Å². The van der Waals surface area contributed by atoms with E-state index < -0.39 is 26.6 Å². The van der Waals surface area contributed by atoms with Crippen molar-refractivity contribution in [1.82, 2.24) is 9.21 Å². The van der Waals surface area contributed by atoms with Crippen LogP contribution in [0.3, 0.4) is 0 Å². The quantitative estimate of drug-likeness (QED) is 0.549. The molecule has 0 bridgehead atoms. The van der Waals surface area contributed by atoms with E-state index in [4.69, 9.17) is 0 Å². The number of hydrogen-bond acceptors (Lipinski definition) is 5. The molecule has 9 heteroatoms. The SMILES string of the molecule is O=C([C@@H]1CCCN(S(=O)(=O)c2ccccc2[N+](=O)[O-])C1)N1CCc2ccccc2C1. The van der Waals surface area contributed by atoms with Gasteiger partial charge in [-0.05, 0) is 36.5 Å². The van der Waals surface area contributed by atoms with Gasteiger partial charge in [0, 0.05) is 32.2 Å². The highest BCUT2D eigenvalue weighted by molar-refractivity contribution is 7.89. The minimum atomic E-state index is -4.06. The molecule has 0 saturated carbocycles. The van der Waals surface area contributed by atoms with Crippen LogP contribution in [0, 0.1) is 16.0 Å². The molecule has 2 aliphatic rings. The lowest BCUT2D eigenvalue weighted by atomic mass is 9.95. The van der Waals surface area contributed by atoms with Crippen molar-refractivity contribution < 1.29 is 18.1 Å². The van der Waals surface area contributed by atoms with Crippen molar-refractivity contribution >= 4 is 21.6 Å². The monoisotopic (exact) mass is 429 g/mol. The van der Waals surface area contributed by atoms with Crippen molar-refractivity contribution in [3.63, 3.8) is 0 Å². The van der Waals surface area contributed by atoms with E-state index in [0.717, 1.165) is 12.0 Å². The van der Waals surface area contributed by atoms with Crippen LogP contribution in [0.4, 0.5) is 5.69 Å². The molecule has 2 aromatic carbocycles. The van der Waals surface area contributed by atoms with Gasteiger partial charge in [0.2, 0.25) is 15.9 Å². The number of benzene rings is 2. The largest absolute Gasteiger partial charge is 0.338 e. The van der Waals surface area contributed by atoms with Gasteiger partial charge >= 0.3 is 0 Å². The second-order valence-corrected chi connectivity index (χ2v) is 9.61. The van der Waals surface area contributed by atoms with Gasteiger partial charge in [-0.25, -0.2) is 8.42 Å². The molecule has 0 radical (unpaired) electrons. The summed E-state index contributed by atoms with van der Waals surface area (Å²) in [5.41, 5.74) is 1.92. The van der Waals surface area contributed by atoms with E-state index in [2.05, 4.69) is 6.07 Å². The normalized spacial score (nSPS) is 19.9. The van der Waals surface area contributed by atoms with Crippen LogP contribution in [0.2, 0.25) is 0 Å². The molecule has 0 spiro atoms. The summed E-state index contributed by atoms with van der Waals surface area (Å²) in [4.78, 5) is 25.2. The number of nitro benzene ring substituents is 1.